The predicted molar refractivity (Wildman–Crippen MR) is 119 cm³/mol. The molecule has 0 fully saturated rings. The fourth-order valence-corrected chi connectivity index (χ4v) is 4.14. The van der Waals surface area contributed by atoms with E-state index in [9.17, 15) is 14.0 Å². The van der Waals surface area contributed by atoms with Gasteiger partial charge in [-0.25, -0.2) is 9.37 Å². The molecular formula is C23H22FN3O4S. The van der Waals surface area contributed by atoms with E-state index in [0.29, 0.717) is 40.9 Å². The van der Waals surface area contributed by atoms with Crippen molar-refractivity contribution in [2.75, 3.05) is 12.5 Å². The Morgan fingerprint density at radius 3 is 2.66 bits per heavy atom. The minimum absolute atomic E-state index is 0.127. The lowest BCUT2D eigenvalue weighted by Gasteiger charge is -2.12. The molecule has 1 amide bonds. The van der Waals surface area contributed by atoms with E-state index >= 15 is 0 Å². The molecular weight excluding hydrogens is 433 g/mol. The summed E-state index contributed by atoms with van der Waals surface area (Å²) in [4.78, 5) is 29.7. The molecule has 0 spiro atoms. The first-order chi connectivity index (χ1) is 15.4. The number of thioether (sulfide) groups is 1. The SMILES string of the molecule is Cc1nc(SCC(=O)NCc2ccc3c(c2)OCO3)n(C)c(=O)c1Cc1ccc(F)cc1. The summed E-state index contributed by atoms with van der Waals surface area (Å²) in [7, 11) is 1.63. The van der Waals surface area contributed by atoms with Gasteiger partial charge in [-0.05, 0) is 42.3 Å². The summed E-state index contributed by atoms with van der Waals surface area (Å²) in [5, 5.41) is 3.32. The van der Waals surface area contributed by atoms with Crippen LogP contribution in [0.4, 0.5) is 4.39 Å². The summed E-state index contributed by atoms with van der Waals surface area (Å²) < 4.78 is 25.2. The number of aromatic nitrogens is 2. The van der Waals surface area contributed by atoms with Gasteiger partial charge in [-0.3, -0.25) is 14.2 Å². The number of carbonyl (C=O) groups excluding carboxylic acids is 1. The average molecular weight is 456 g/mol. The summed E-state index contributed by atoms with van der Waals surface area (Å²) in [6.07, 6.45) is 0.368. The van der Waals surface area contributed by atoms with Gasteiger partial charge in [0.15, 0.2) is 16.7 Å². The van der Waals surface area contributed by atoms with Crippen LogP contribution in [0.1, 0.15) is 22.4 Å². The Morgan fingerprint density at radius 1 is 1.16 bits per heavy atom. The molecule has 2 aromatic carbocycles. The number of rotatable bonds is 7. The average Bonchev–Trinajstić information content (AvgIpc) is 3.26. The third-order valence-electron chi connectivity index (χ3n) is 5.10. The number of nitrogens with one attached hydrogen (secondary N) is 1. The molecule has 0 atom stereocenters. The van der Waals surface area contributed by atoms with Crippen molar-refractivity contribution in [1.82, 2.24) is 14.9 Å². The summed E-state index contributed by atoms with van der Waals surface area (Å²) >= 11 is 1.20. The normalized spacial score (nSPS) is 12.1. The monoisotopic (exact) mass is 455 g/mol. The first-order valence-corrected chi connectivity index (χ1v) is 11.0. The van der Waals surface area contributed by atoms with E-state index in [1.807, 2.05) is 18.2 Å². The van der Waals surface area contributed by atoms with Gasteiger partial charge in [-0.15, -0.1) is 0 Å². The van der Waals surface area contributed by atoms with Crippen LogP contribution in [0.3, 0.4) is 0 Å². The van der Waals surface area contributed by atoms with E-state index < -0.39 is 0 Å². The standard InChI is InChI=1S/C23H22FN3O4S/c1-14-18(9-15-3-6-17(24)7-4-15)22(29)27(2)23(26-14)32-12-21(28)25-11-16-5-8-19-20(10-16)31-13-30-19/h3-8,10H,9,11-13H2,1-2H3,(H,25,28). The maximum atomic E-state index is 13.1. The molecule has 32 heavy (non-hydrogen) atoms. The Bertz CT molecular complexity index is 1210. The number of ether oxygens (including phenoxy) is 2. The summed E-state index contributed by atoms with van der Waals surface area (Å²) in [5.74, 6) is 0.999. The molecule has 3 aromatic rings. The van der Waals surface area contributed by atoms with Crippen LogP contribution >= 0.6 is 11.8 Å². The Kier molecular flexibility index (Phi) is 6.45. The van der Waals surface area contributed by atoms with E-state index in [-0.39, 0.29) is 29.8 Å². The molecule has 1 aliphatic rings. The smallest absolute Gasteiger partial charge is 0.257 e. The lowest BCUT2D eigenvalue weighted by molar-refractivity contribution is -0.118. The Morgan fingerprint density at radius 2 is 1.88 bits per heavy atom. The number of fused-ring (bicyclic) bond motifs is 1. The molecule has 0 bridgehead atoms. The van der Waals surface area contributed by atoms with Gasteiger partial charge >= 0.3 is 0 Å². The Labute approximate surface area is 188 Å². The van der Waals surface area contributed by atoms with Gasteiger partial charge in [0.1, 0.15) is 5.82 Å². The van der Waals surface area contributed by atoms with Crippen LogP contribution in [0, 0.1) is 12.7 Å². The van der Waals surface area contributed by atoms with Crippen molar-refractivity contribution in [3.8, 4) is 11.5 Å². The fourth-order valence-electron chi connectivity index (χ4n) is 3.30. The van der Waals surface area contributed by atoms with E-state index in [2.05, 4.69) is 10.3 Å². The lowest BCUT2D eigenvalue weighted by atomic mass is 10.1. The highest BCUT2D eigenvalue weighted by atomic mass is 32.2. The van der Waals surface area contributed by atoms with Crippen LogP contribution in [0.5, 0.6) is 11.5 Å². The van der Waals surface area contributed by atoms with Crippen molar-refractivity contribution in [2.45, 2.75) is 25.0 Å². The number of amides is 1. The van der Waals surface area contributed by atoms with Crippen LogP contribution in [0.25, 0.3) is 0 Å². The van der Waals surface area contributed by atoms with E-state index in [1.165, 1.54) is 28.5 Å². The van der Waals surface area contributed by atoms with E-state index in [1.54, 1.807) is 26.1 Å². The largest absolute Gasteiger partial charge is 0.454 e. The van der Waals surface area contributed by atoms with Crippen molar-refractivity contribution in [3.05, 3.63) is 81.0 Å². The molecule has 0 aliphatic carbocycles. The molecule has 0 radical (unpaired) electrons. The molecule has 1 aromatic heterocycles. The molecule has 4 rings (SSSR count). The zero-order valence-corrected chi connectivity index (χ0v) is 18.5. The summed E-state index contributed by atoms with van der Waals surface area (Å²) in [6, 6.07) is 11.6. The zero-order valence-electron chi connectivity index (χ0n) is 17.7. The van der Waals surface area contributed by atoms with Crippen molar-refractivity contribution < 1.29 is 18.7 Å². The third-order valence-corrected chi connectivity index (χ3v) is 6.13. The summed E-state index contributed by atoms with van der Waals surface area (Å²) in [5.41, 5.74) is 2.71. The van der Waals surface area contributed by atoms with Crippen LogP contribution in [0.2, 0.25) is 0 Å². The molecule has 0 unspecified atom stereocenters. The van der Waals surface area contributed by atoms with Gasteiger partial charge in [-0.1, -0.05) is 30.0 Å². The van der Waals surface area contributed by atoms with Crippen LogP contribution in [0.15, 0.2) is 52.4 Å². The van der Waals surface area contributed by atoms with Gasteiger partial charge in [-0.2, -0.15) is 0 Å². The molecule has 1 aliphatic heterocycles. The minimum Gasteiger partial charge on any atom is -0.454 e. The van der Waals surface area contributed by atoms with Crippen molar-refractivity contribution in [2.24, 2.45) is 7.05 Å². The highest BCUT2D eigenvalue weighted by Crippen LogP contribution is 2.32. The minimum atomic E-state index is -0.319. The second-order valence-corrected chi connectivity index (χ2v) is 8.32. The van der Waals surface area contributed by atoms with Crippen molar-refractivity contribution in [3.63, 3.8) is 0 Å². The number of nitrogens with zero attached hydrogens (tertiary/aromatic N) is 2. The highest BCUT2D eigenvalue weighted by molar-refractivity contribution is 7.99. The van der Waals surface area contributed by atoms with Gasteiger partial charge in [0, 0.05) is 31.3 Å². The van der Waals surface area contributed by atoms with E-state index in [0.717, 1.165) is 11.1 Å². The van der Waals surface area contributed by atoms with Gasteiger partial charge < -0.3 is 14.8 Å². The first kappa shape index (κ1) is 21.9. The summed E-state index contributed by atoms with van der Waals surface area (Å²) in [6.45, 7) is 2.33. The van der Waals surface area contributed by atoms with Gasteiger partial charge in [0.05, 0.1) is 5.75 Å². The topological polar surface area (TPSA) is 82.4 Å². The Balaban J connectivity index is 1.37. The van der Waals surface area contributed by atoms with Crippen molar-refractivity contribution >= 4 is 17.7 Å². The van der Waals surface area contributed by atoms with Crippen LogP contribution < -0.4 is 20.3 Å². The third kappa shape index (κ3) is 4.94. The van der Waals surface area contributed by atoms with Crippen molar-refractivity contribution in [1.29, 1.82) is 0 Å². The van der Waals surface area contributed by atoms with Crippen LogP contribution in [-0.4, -0.2) is 28.0 Å². The molecule has 166 valence electrons. The number of hydrogen-bond donors (Lipinski definition) is 1. The molecule has 2 heterocycles. The maximum Gasteiger partial charge on any atom is 0.257 e. The molecule has 0 saturated carbocycles. The molecule has 7 nitrogen and oxygen atoms in total. The zero-order chi connectivity index (χ0) is 22.7. The second-order valence-electron chi connectivity index (χ2n) is 7.38. The molecule has 0 saturated heterocycles. The first-order valence-electron chi connectivity index (χ1n) is 9.99. The highest BCUT2D eigenvalue weighted by Gasteiger charge is 2.16. The quantitative estimate of drug-likeness (QED) is 0.436. The number of carbonyl (C=O) groups is 1. The predicted octanol–water partition coefficient (Wildman–Crippen LogP) is 2.96. The lowest BCUT2D eigenvalue weighted by Crippen LogP contribution is -2.28. The van der Waals surface area contributed by atoms with Crippen LogP contribution in [-0.2, 0) is 24.8 Å². The Hall–Kier alpha value is -3.33. The fraction of sp³-hybridized carbons (Fsp3) is 0.261. The van der Waals surface area contributed by atoms with Gasteiger partial charge in [0.2, 0.25) is 12.7 Å². The number of hydrogen-bond acceptors (Lipinski definition) is 6. The molecule has 1 N–H and O–H groups in total. The van der Waals surface area contributed by atoms with Gasteiger partial charge in [0.25, 0.3) is 5.56 Å². The molecule has 9 heteroatoms. The second kappa shape index (κ2) is 9.44. The van der Waals surface area contributed by atoms with E-state index in [4.69, 9.17) is 9.47 Å². The maximum absolute atomic E-state index is 13.1. The number of benzene rings is 2. The number of aryl methyl sites for hydroxylation is 1. The number of halogens is 1.